The first-order valence-corrected chi connectivity index (χ1v) is 10.8. The second kappa shape index (κ2) is 7.24. The molecule has 0 amide bonds. The lowest BCUT2D eigenvalue weighted by Gasteiger charge is -2.19. The minimum absolute atomic E-state index is 0.0286. The fraction of sp³-hybridized carbons (Fsp3) is 0.238. The molecule has 0 unspecified atom stereocenters. The molecule has 2 aromatic carbocycles. The molecule has 2 heterocycles. The molecule has 1 saturated heterocycles. The van der Waals surface area contributed by atoms with E-state index < -0.39 is 27.8 Å². The molecule has 6 nitrogen and oxygen atoms in total. The number of rotatable bonds is 5. The maximum atomic E-state index is 13.3. The zero-order valence-electron chi connectivity index (χ0n) is 15.0. The van der Waals surface area contributed by atoms with E-state index in [-0.39, 0.29) is 23.7 Å². The molecular formula is C21H19NO5S. The molecular weight excluding hydrogens is 378 g/mol. The molecule has 144 valence electrons. The number of fused-ring (bicyclic) bond motifs is 1. The molecule has 1 fully saturated rings. The maximum absolute atomic E-state index is 13.3. The number of hydrogen-bond donors (Lipinski definition) is 1. The van der Waals surface area contributed by atoms with E-state index in [1.807, 2.05) is 30.3 Å². The van der Waals surface area contributed by atoms with E-state index in [9.17, 15) is 18.0 Å². The number of hydrogen-bond acceptors (Lipinski definition) is 5. The molecule has 2 atom stereocenters. The number of ether oxygens (including phenoxy) is 1. The first-order chi connectivity index (χ1) is 13.4. The Morgan fingerprint density at radius 3 is 2.46 bits per heavy atom. The van der Waals surface area contributed by atoms with E-state index in [1.165, 1.54) is 0 Å². The smallest absolute Gasteiger partial charge is 0.311 e. The number of sulfone groups is 1. The maximum Gasteiger partial charge on any atom is 0.311 e. The van der Waals surface area contributed by atoms with Gasteiger partial charge in [0.05, 0.1) is 17.4 Å². The second-order valence-corrected chi connectivity index (χ2v) is 9.17. The molecule has 0 radical (unpaired) electrons. The van der Waals surface area contributed by atoms with Crippen molar-refractivity contribution in [3.05, 3.63) is 71.9 Å². The lowest BCUT2D eigenvalue weighted by atomic mass is 9.99. The van der Waals surface area contributed by atoms with Gasteiger partial charge in [-0.1, -0.05) is 48.5 Å². The fourth-order valence-corrected chi connectivity index (χ4v) is 5.24. The van der Waals surface area contributed by atoms with E-state index in [0.29, 0.717) is 11.1 Å². The topological polar surface area (TPSA) is 93.3 Å². The lowest BCUT2D eigenvalue weighted by Crippen LogP contribution is -2.25. The number of aromatic nitrogens is 1. The number of esters is 1. The lowest BCUT2D eigenvalue weighted by molar-refractivity contribution is -0.151. The standard InChI is InChI=1S/C21H19NO5S/c23-19(17-12-22-18-9-5-4-8-16(17)18)20(14-6-2-1-3-7-14)27-21(24)15-10-11-28(25,26)13-15/h1-9,12,15,20,22H,10-11,13H2/t15-,20+/m1/s1. The van der Waals surface area contributed by atoms with Gasteiger partial charge in [-0.15, -0.1) is 0 Å². The SMILES string of the molecule is O=C(O[C@H](C(=O)c1c[nH]c2ccccc12)c1ccccc1)[C@@H]1CCS(=O)(=O)C1. The number of aromatic amines is 1. The van der Waals surface area contributed by atoms with Gasteiger partial charge < -0.3 is 9.72 Å². The Bertz CT molecular complexity index is 1130. The van der Waals surface area contributed by atoms with Crippen molar-refractivity contribution in [2.24, 2.45) is 5.92 Å². The molecule has 3 aromatic rings. The summed E-state index contributed by atoms with van der Waals surface area (Å²) in [4.78, 5) is 28.9. The van der Waals surface area contributed by atoms with Crippen LogP contribution in [-0.4, -0.2) is 36.7 Å². The number of Topliss-reactive ketones (excluding diaryl/α,β-unsaturated/α-hetero) is 1. The Labute approximate surface area is 162 Å². The molecule has 1 aliphatic heterocycles. The minimum Gasteiger partial charge on any atom is -0.449 e. The van der Waals surface area contributed by atoms with Crippen molar-refractivity contribution in [2.45, 2.75) is 12.5 Å². The molecule has 28 heavy (non-hydrogen) atoms. The summed E-state index contributed by atoms with van der Waals surface area (Å²) in [6.07, 6.45) is 0.706. The summed E-state index contributed by atoms with van der Waals surface area (Å²) >= 11 is 0. The highest BCUT2D eigenvalue weighted by Gasteiger charge is 2.37. The zero-order chi connectivity index (χ0) is 19.7. The Kier molecular flexibility index (Phi) is 4.77. The van der Waals surface area contributed by atoms with Crippen LogP contribution < -0.4 is 0 Å². The van der Waals surface area contributed by atoms with Gasteiger partial charge in [0.2, 0.25) is 5.78 Å². The molecule has 0 saturated carbocycles. The number of nitrogens with one attached hydrogen (secondary N) is 1. The summed E-state index contributed by atoms with van der Waals surface area (Å²) in [7, 11) is -3.22. The first kappa shape index (κ1) is 18.4. The third kappa shape index (κ3) is 3.57. The summed E-state index contributed by atoms with van der Waals surface area (Å²) in [5.74, 6) is -1.98. The molecule has 0 spiro atoms. The number of ketones is 1. The second-order valence-electron chi connectivity index (χ2n) is 6.94. The molecule has 4 rings (SSSR count). The van der Waals surface area contributed by atoms with Crippen molar-refractivity contribution in [1.82, 2.24) is 4.98 Å². The van der Waals surface area contributed by atoms with Crippen LogP contribution in [0.3, 0.4) is 0 Å². The number of carbonyl (C=O) groups is 2. The van der Waals surface area contributed by atoms with Crippen LogP contribution in [0.2, 0.25) is 0 Å². The van der Waals surface area contributed by atoms with Crippen LogP contribution in [0.15, 0.2) is 60.8 Å². The molecule has 0 aliphatic carbocycles. The predicted octanol–water partition coefficient (Wildman–Crippen LogP) is 3.07. The first-order valence-electron chi connectivity index (χ1n) is 9.01. The van der Waals surface area contributed by atoms with E-state index >= 15 is 0 Å². The van der Waals surface area contributed by atoms with Crippen LogP contribution in [-0.2, 0) is 19.4 Å². The highest BCUT2D eigenvalue weighted by atomic mass is 32.2. The Balaban J connectivity index is 1.66. The number of para-hydroxylation sites is 1. The summed E-state index contributed by atoms with van der Waals surface area (Å²) in [6, 6.07) is 16.2. The number of benzene rings is 2. The molecule has 1 N–H and O–H groups in total. The zero-order valence-corrected chi connectivity index (χ0v) is 15.8. The molecule has 1 aliphatic rings. The average Bonchev–Trinajstić information content (AvgIpc) is 3.29. The van der Waals surface area contributed by atoms with Crippen LogP contribution in [0.4, 0.5) is 0 Å². The van der Waals surface area contributed by atoms with Gasteiger partial charge >= 0.3 is 5.97 Å². The van der Waals surface area contributed by atoms with Crippen molar-refractivity contribution in [3.8, 4) is 0 Å². The van der Waals surface area contributed by atoms with Gasteiger partial charge in [-0.05, 0) is 12.5 Å². The van der Waals surface area contributed by atoms with Gasteiger partial charge in [-0.2, -0.15) is 0 Å². The average molecular weight is 397 g/mol. The quantitative estimate of drug-likeness (QED) is 0.528. The van der Waals surface area contributed by atoms with E-state index in [2.05, 4.69) is 4.98 Å². The predicted molar refractivity (Wildman–Crippen MR) is 105 cm³/mol. The van der Waals surface area contributed by atoms with Gasteiger partial charge in [0.15, 0.2) is 15.9 Å². The van der Waals surface area contributed by atoms with Crippen molar-refractivity contribution >= 4 is 32.5 Å². The van der Waals surface area contributed by atoms with Gasteiger partial charge in [-0.25, -0.2) is 8.42 Å². The van der Waals surface area contributed by atoms with E-state index in [0.717, 1.165) is 10.9 Å². The van der Waals surface area contributed by atoms with Crippen molar-refractivity contribution < 1.29 is 22.7 Å². The van der Waals surface area contributed by atoms with E-state index in [1.54, 1.807) is 30.5 Å². The van der Waals surface area contributed by atoms with Gasteiger partial charge in [0.25, 0.3) is 0 Å². The normalized spacial score (nSPS) is 19.4. The van der Waals surface area contributed by atoms with Crippen molar-refractivity contribution in [3.63, 3.8) is 0 Å². The Morgan fingerprint density at radius 2 is 1.75 bits per heavy atom. The summed E-state index contributed by atoms with van der Waals surface area (Å²) in [6.45, 7) is 0. The number of carbonyl (C=O) groups excluding carboxylic acids is 2. The highest BCUT2D eigenvalue weighted by Crippen LogP contribution is 2.29. The highest BCUT2D eigenvalue weighted by molar-refractivity contribution is 7.91. The van der Waals surface area contributed by atoms with Crippen LogP contribution in [0.1, 0.15) is 28.4 Å². The largest absolute Gasteiger partial charge is 0.449 e. The molecule has 7 heteroatoms. The monoisotopic (exact) mass is 397 g/mol. The van der Waals surface area contributed by atoms with Crippen LogP contribution in [0, 0.1) is 5.92 Å². The summed E-state index contributed by atoms with van der Waals surface area (Å²) < 4.78 is 29.0. The Morgan fingerprint density at radius 1 is 1.04 bits per heavy atom. The number of H-pyrrole nitrogens is 1. The van der Waals surface area contributed by atoms with Crippen molar-refractivity contribution in [2.75, 3.05) is 11.5 Å². The molecule has 1 aromatic heterocycles. The minimum atomic E-state index is -3.22. The van der Waals surface area contributed by atoms with Crippen LogP contribution in [0.5, 0.6) is 0 Å². The Hall–Kier alpha value is -2.93. The summed E-state index contributed by atoms with van der Waals surface area (Å²) in [5, 5.41) is 0.743. The van der Waals surface area contributed by atoms with Crippen molar-refractivity contribution in [1.29, 1.82) is 0 Å². The summed E-state index contributed by atoms with van der Waals surface area (Å²) in [5.41, 5.74) is 1.79. The third-order valence-corrected chi connectivity index (χ3v) is 6.76. The van der Waals surface area contributed by atoms with Gasteiger partial charge in [0.1, 0.15) is 0 Å². The van der Waals surface area contributed by atoms with E-state index in [4.69, 9.17) is 4.74 Å². The fourth-order valence-electron chi connectivity index (χ4n) is 3.51. The van der Waals surface area contributed by atoms with Gasteiger partial charge in [0, 0.05) is 28.2 Å². The van der Waals surface area contributed by atoms with Crippen LogP contribution in [0.25, 0.3) is 10.9 Å². The van der Waals surface area contributed by atoms with Crippen LogP contribution >= 0.6 is 0 Å². The third-order valence-electron chi connectivity index (χ3n) is 4.99. The molecule has 0 bridgehead atoms. The van der Waals surface area contributed by atoms with Gasteiger partial charge in [-0.3, -0.25) is 9.59 Å².